The van der Waals surface area contributed by atoms with Crippen molar-refractivity contribution in [3.8, 4) is 0 Å². The molecule has 2 rings (SSSR count). The van der Waals surface area contributed by atoms with Gasteiger partial charge in [0.05, 0.1) is 6.42 Å². The van der Waals surface area contributed by atoms with Gasteiger partial charge in [0, 0.05) is 11.8 Å². The molecule has 2 aliphatic carbocycles. The van der Waals surface area contributed by atoms with Crippen LogP contribution in [0.5, 0.6) is 0 Å². The summed E-state index contributed by atoms with van der Waals surface area (Å²) < 4.78 is 0. The highest BCUT2D eigenvalue weighted by Gasteiger charge is 2.35. The summed E-state index contributed by atoms with van der Waals surface area (Å²) in [7, 11) is -2.63. The van der Waals surface area contributed by atoms with Crippen LogP contribution in [0.1, 0.15) is 57.8 Å². The molecule has 2 saturated carbocycles. The molecule has 0 unspecified atom stereocenters. The van der Waals surface area contributed by atoms with Crippen molar-refractivity contribution in [2.24, 2.45) is 11.8 Å². The van der Waals surface area contributed by atoms with Gasteiger partial charge in [0.25, 0.3) is 0 Å². The molecular weight excluding hydrogens is 298 g/mol. The zero-order valence-electron chi connectivity index (χ0n) is 13.4. The summed E-state index contributed by atoms with van der Waals surface area (Å²) in [6.07, 6.45) is 4.91. The van der Waals surface area contributed by atoms with Crippen LogP contribution in [0.3, 0.4) is 0 Å². The van der Waals surface area contributed by atoms with E-state index in [2.05, 4.69) is 0 Å². The maximum absolute atomic E-state index is 12.3. The van der Waals surface area contributed by atoms with Crippen LogP contribution in [0, 0.1) is 11.8 Å². The normalized spacial score (nSPS) is 31.5. The van der Waals surface area contributed by atoms with Crippen LogP contribution in [0.4, 0.5) is 0 Å². The standard InChI is InChI=1S/C15H26B2O6/c18-14(10-1-5-12(6-2-10)16(20)21)9-15(19)11-3-7-13(8-4-11)17(22)23/h10-13,20-23H,1-9H2. The van der Waals surface area contributed by atoms with Crippen molar-refractivity contribution in [1.82, 2.24) is 0 Å². The second kappa shape index (κ2) is 8.42. The number of rotatable bonds is 6. The first-order chi connectivity index (χ1) is 10.9. The predicted octanol–water partition coefficient (Wildman–Crippen LogP) is 0.581. The molecule has 0 aromatic rings. The summed E-state index contributed by atoms with van der Waals surface area (Å²) in [6, 6.07) is 0. The molecule has 0 amide bonds. The lowest BCUT2D eigenvalue weighted by molar-refractivity contribution is -0.132. The third kappa shape index (κ3) is 5.14. The van der Waals surface area contributed by atoms with Crippen molar-refractivity contribution in [2.45, 2.75) is 69.4 Å². The Morgan fingerprint density at radius 2 is 0.957 bits per heavy atom. The molecule has 0 aliphatic heterocycles. The van der Waals surface area contributed by atoms with Gasteiger partial charge in [0.1, 0.15) is 11.6 Å². The summed E-state index contributed by atoms with van der Waals surface area (Å²) in [4.78, 5) is 24.5. The van der Waals surface area contributed by atoms with E-state index in [0.29, 0.717) is 51.4 Å². The fourth-order valence-electron chi connectivity index (χ4n) is 3.94. The maximum atomic E-state index is 12.3. The zero-order valence-corrected chi connectivity index (χ0v) is 13.4. The largest absolute Gasteiger partial charge is 0.454 e. The van der Waals surface area contributed by atoms with Crippen LogP contribution in [-0.2, 0) is 9.59 Å². The van der Waals surface area contributed by atoms with E-state index >= 15 is 0 Å². The minimum absolute atomic E-state index is 0.0230. The maximum Gasteiger partial charge on any atom is 0.454 e. The van der Waals surface area contributed by atoms with Gasteiger partial charge in [-0.1, -0.05) is 25.7 Å². The summed E-state index contributed by atoms with van der Waals surface area (Å²) in [5.41, 5.74) is 0. The van der Waals surface area contributed by atoms with Gasteiger partial charge in [-0.25, -0.2) is 0 Å². The molecule has 0 spiro atoms. The Bertz CT molecular complexity index is 374. The fourth-order valence-corrected chi connectivity index (χ4v) is 3.94. The second-order valence-electron chi connectivity index (χ2n) is 7.16. The molecule has 0 bridgehead atoms. The molecule has 6 nitrogen and oxygen atoms in total. The molecule has 4 N–H and O–H groups in total. The number of ketones is 2. The first kappa shape index (κ1) is 18.6. The Labute approximate surface area is 137 Å². The summed E-state index contributed by atoms with van der Waals surface area (Å²) >= 11 is 0. The minimum Gasteiger partial charge on any atom is -0.427 e. The Kier molecular flexibility index (Phi) is 6.83. The number of hydrogen-bond donors (Lipinski definition) is 4. The van der Waals surface area contributed by atoms with E-state index in [-0.39, 0.29) is 41.5 Å². The van der Waals surface area contributed by atoms with Gasteiger partial charge in [0.15, 0.2) is 0 Å². The van der Waals surface area contributed by atoms with Crippen LogP contribution in [0.2, 0.25) is 11.6 Å². The van der Waals surface area contributed by atoms with Gasteiger partial charge in [-0.2, -0.15) is 0 Å². The molecule has 23 heavy (non-hydrogen) atoms. The lowest BCUT2D eigenvalue weighted by Gasteiger charge is -2.29. The third-order valence-corrected chi connectivity index (χ3v) is 5.65. The Morgan fingerprint density at radius 3 is 1.22 bits per heavy atom. The highest BCUT2D eigenvalue weighted by Crippen LogP contribution is 2.37. The molecule has 0 heterocycles. The molecule has 0 aromatic heterocycles. The number of carbonyl (C=O) groups is 2. The molecule has 0 aromatic carbocycles. The van der Waals surface area contributed by atoms with Crippen molar-refractivity contribution in [1.29, 1.82) is 0 Å². The van der Waals surface area contributed by atoms with E-state index in [1.54, 1.807) is 0 Å². The molecular formula is C15H26B2O6. The first-order valence-corrected chi connectivity index (χ1v) is 8.66. The molecule has 2 aliphatic rings. The smallest absolute Gasteiger partial charge is 0.427 e. The SMILES string of the molecule is O=C(CC(=O)C1CCC(B(O)O)CC1)C1CCC(B(O)O)CC1. The summed E-state index contributed by atoms with van der Waals surface area (Å²) in [5, 5.41) is 36.6. The molecule has 0 atom stereocenters. The van der Waals surface area contributed by atoms with Crippen LogP contribution in [-0.4, -0.2) is 45.9 Å². The van der Waals surface area contributed by atoms with Gasteiger partial charge >= 0.3 is 14.2 Å². The van der Waals surface area contributed by atoms with Crippen LogP contribution in [0.25, 0.3) is 0 Å². The molecule has 0 radical (unpaired) electrons. The quantitative estimate of drug-likeness (QED) is 0.420. The third-order valence-electron chi connectivity index (χ3n) is 5.65. The van der Waals surface area contributed by atoms with Gasteiger partial charge in [-0.3, -0.25) is 9.59 Å². The number of hydrogen-bond acceptors (Lipinski definition) is 6. The average Bonchev–Trinajstić information content (AvgIpc) is 2.54. The van der Waals surface area contributed by atoms with E-state index in [1.165, 1.54) is 0 Å². The zero-order chi connectivity index (χ0) is 17.0. The van der Waals surface area contributed by atoms with Crippen LogP contribution in [0.15, 0.2) is 0 Å². The van der Waals surface area contributed by atoms with Crippen molar-refractivity contribution in [3.63, 3.8) is 0 Å². The Morgan fingerprint density at radius 1 is 0.652 bits per heavy atom. The van der Waals surface area contributed by atoms with Crippen molar-refractivity contribution in [3.05, 3.63) is 0 Å². The average molecular weight is 324 g/mol. The second-order valence-corrected chi connectivity index (χ2v) is 7.16. The van der Waals surface area contributed by atoms with E-state index in [0.717, 1.165) is 0 Å². The monoisotopic (exact) mass is 324 g/mol. The lowest BCUT2D eigenvalue weighted by Crippen LogP contribution is -2.31. The van der Waals surface area contributed by atoms with E-state index in [4.69, 9.17) is 20.1 Å². The van der Waals surface area contributed by atoms with Gasteiger partial charge in [0.2, 0.25) is 0 Å². The molecule has 8 heteroatoms. The van der Waals surface area contributed by atoms with E-state index in [9.17, 15) is 9.59 Å². The predicted molar refractivity (Wildman–Crippen MR) is 86.4 cm³/mol. The number of carbonyl (C=O) groups excluding carboxylic acids is 2. The van der Waals surface area contributed by atoms with Crippen LogP contribution >= 0.6 is 0 Å². The minimum atomic E-state index is -1.32. The molecule has 0 saturated heterocycles. The van der Waals surface area contributed by atoms with Gasteiger partial charge in [-0.05, 0) is 37.3 Å². The topological polar surface area (TPSA) is 115 Å². The Balaban J connectivity index is 1.74. The first-order valence-electron chi connectivity index (χ1n) is 8.66. The van der Waals surface area contributed by atoms with Gasteiger partial charge in [-0.15, -0.1) is 0 Å². The van der Waals surface area contributed by atoms with Gasteiger partial charge < -0.3 is 20.1 Å². The molecule has 128 valence electrons. The van der Waals surface area contributed by atoms with E-state index in [1.807, 2.05) is 0 Å². The lowest BCUT2D eigenvalue weighted by atomic mass is 9.62. The summed E-state index contributed by atoms with van der Waals surface area (Å²) in [5.74, 6) is -0.630. The van der Waals surface area contributed by atoms with Crippen molar-refractivity contribution in [2.75, 3.05) is 0 Å². The van der Waals surface area contributed by atoms with E-state index < -0.39 is 14.2 Å². The highest BCUT2D eigenvalue weighted by atomic mass is 16.4. The fraction of sp³-hybridized carbons (Fsp3) is 0.867. The van der Waals surface area contributed by atoms with Crippen LogP contribution < -0.4 is 0 Å². The van der Waals surface area contributed by atoms with Crippen molar-refractivity contribution < 1.29 is 29.7 Å². The number of Topliss-reactive ketones (excluding diaryl/α,β-unsaturated/α-hetero) is 2. The highest BCUT2D eigenvalue weighted by molar-refractivity contribution is 6.43. The van der Waals surface area contributed by atoms with Crippen molar-refractivity contribution >= 4 is 25.8 Å². The molecule has 2 fully saturated rings. The Hall–Kier alpha value is -0.690. The summed E-state index contributed by atoms with van der Waals surface area (Å²) in [6.45, 7) is 0.